The lowest BCUT2D eigenvalue weighted by atomic mass is 10.1. The summed E-state index contributed by atoms with van der Waals surface area (Å²) >= 11 is 5.44. The zero-order valence-corrected chi connectivity index (χ0v) is 16.1. The number of benzene rings is 2. The quantitative estimate of drug-likeness (QED) is 0.584. The highest BCUT2D eigenvalue weighted by Crippen LogP contribution is 2.23. The molecule has 3 nitrogen and oxygen atoms in total. The molecule has 0 atom stereocenters. The molecule has 0 amide bonds. The van der Waals surface area contributed by atoms with Gasteiger partial charge >= 0.3 is 0 Å². The van der Waals surface area contributed by atoms with Gasteiger partial charge < -0.3 is 15.6 Å². The third-order valence-corrected chi connectivity index (χ3v) is 4.81. The van der Waals surface area contributed by atoms with Gasteiger partial charge in [0.1, 0.15) is 0 Å². The summed E-state index contributed by atoms with van der Waals surface area (Å²) in [6.07, 6.45) is 0.935. The average molecular weight is 352 g/mol. The Kier molecular flexibility index (Phi) is 5.09. The zero-order valence-electron chi connectivity index (χ0n) is 15.3. The fourth-order valence-electron chi connectivity index (χ4n) is 3.24. The normalized spacial score (nSPS) is 10.9. The molecule has 1 heterocycles. The topological polar surface area (TPSA) is 39.8 Å². The first-order valence-electron chi connectivity index (χ1n) is 8.64. The average Bonchev–Trinajstić information content (AvgIpc) is 2.86. The summed E-state index contributed by atoms with van der Waals surface area (Å²) in [5, 5.41) is 8.59. The van der Waals surface area contributed by atoms with Crippen molar-refractivity contribution in [3.05, 3.63) is 64.3 Å². The van der Waals surface area contributed by atoms with Gasteiger partial charge in [-0.1, -0.05) is 29.3 Å². The van der Waals surface area contributed by atoms with E-state index in [4.69, 9.17) is 12.2 Å². The van der Waals surface area contributed by atoms with Crippen LogP contribution < -0.4 is 10.6 Å². The molecule has 0 aliphatic heterocycles. The monoisotopic (exact) mass is 351 g/mol. The van der Waals surface area contributed by atoms with E-state index in [0.717, 1.165) is 18.7 Å². The molecule has 4 heteroatoms. The number of H-pyrrole nitrogens is 1. The van der Waals surface area contributed by atoms with E-state index in [0.29, 0.717) is 5.11 Å². The third-order valence-electron chi connectivity index (χ3n) is 4.57. The van der Waals surface area contributed by atoms with Crippen molar-refractivity contribution in [2.24, 2.45) is 0 Å². The fourth-order valence-corrected chi connectivity index (χ4v) is 3.45. The van der Waals surface area contributed by atoms with Crippen LogP contribution in [0.25, 0.3) is 10.9 Å². The molecule has 0 fully saturated rings. The van der Waals surface area contributed by atoms with Crippen LogP contribution in [0.4, 0.5) is 5.69 Å². The van der Waals surface area contributed by atoms with E-state index in [1.165, 1.54) is 38.9 Å². The number of nitrogens with one attached hydrogen (secondary N) is 3. The highest BCUT2D eigenvalue weighted by molar-refractivity contribution is 7.80. The number of fused-ring (bicyclic) bond motifs is 1. The number of hydrogen-bond acceptors (Lipinski definition) is 1. The van der Waals surface area contributed by atoms with E-state index in [2.05, 4.69) is 79.7 Å². The van der Waals surface area contributed by atoms with Crippen molar-refractivity contribution in [1.82, 2.24) is 10.3 Å². The third kappa shape index (κ3) is 4.02. The Morgan fingerprint density at radius 3 is 2.48 bits per heavy atom. The summed E-state index contributed by atoms with van der Waals surface area (Å²) in [4.78, 5) is 3.47. The first kappa shape index (κ1) is 17.5. The van der Waals surface area contributed by atoms with Crippen molar-refractivity contribution < 1.29 is 0 Å². The van der Waals surface area contributed by atoms with Crippen LogP contribution in [-0.2, 0) is 6.42 Å². The van der Waals surface area contributed by atoms with Gasteiger partial charge in [-0.05, 0) is 75.7 Å². The van der Waals surface area contributed by atoms with Crippen molar-refractivity contribution in [3.8, 4) is 0 Å². The molecule has 0 radical (unpaired) electrons. The molecular formula is C21H25N3S. The molecule has 0 unspecified atom stereocenters. The molecule has 2 aromatic carbocycles. The highest BCUT2D eigenvalue weighted by Gasteiger charge is 2.09. The van der Waals surface area contributed by atoms with E-state index in [1.807, 2.05) is 0 Å². The Hall–Kier alpha value is -2.33. The number of anilines is 1. The molecule has 130 valence electrons. The zero-order chi connectivity index (χ0) is 18.0. The SMILES string of the molecule is Cc1ccc(NC(=S)NCCc2c(C)[nH]c3ccc(C)cc23)c(C)c1. The lowest BCUT2D eigenvalue weighted by molar-refractivity contribution is 0.871. The molecule has 0 aliphatic rings. The van der Waals surface area contributed by atoms with Crippen molar-refractivity contribution in [2.75, 3.05) is 11.9 Å². The summed E-state index contributed by atoms with van der Waals surface area (Å²) in [5.74, 6) is 0. The number of rotatable bonds is 4. The second-order valence-corrected chi connectivity index (χ2v) is 7.14. The standard InChI is InChI=1S/C21H25N3S/c1-13-5-7-19(15(3)11-13)24-21(25)22-10-9-17-16(4)23-20-8-6-14(2)12-18(17)20/h5-8,11-12,23H,9-10H2,1-4H3,(H2,22,24,25). The molecule has 0 aliphatic carbocycles. The van der Waals surface area contributed by atoms with E-state index in [9.17, 15) is 0 Å². The summed E-state index contributed by atoms with van der Waals surface area (Å²) in [6, 6.07) is 12.9. The van der Waals surface area contributed by atoms with Crippen molar-refractivity contribution in [1.29, 1.82) is 0 Å². The number of aryl methyl sites for hydroxylation is 4. The Morgan fingerprint density at radius 1 is 1.00 bits per heavy atom. The van der Waals surface area contributed by atoms with Gasteiger partial charge in [-0.2, -0.15) is 0 Å². The van der Waals surface area contributed by atoms with Gasteiger partial charge in [0.25, 0.3) is 0 Å². The molecule has 0 bridgehead atoms. The van der Waals surface area contributed by atoms with Crippen LogP contribution in [0, 0.1) is 27.7 Å². The van der Waals surface area contributed by atoms with Crippen LogP contribution in [0.1, 0.15) is 27.9 Å². The smallest absolute Gasteiger partial charge is 0.170 e. The van der Waals surface area contributed by atoms with Crippen LogP contribution in [0.3, 0.4) is 0 Å². The fraction of sp³-hybridized carbons (Fsp3) is 0.286. The van der Waals surface area contributed by atoms with Crippen LogP contribution in [0.5, 0.6) is 0 Å². The van der Waals surface area contributed by atoms with E-state index < -0.39 is 0 Å². The molecule has 25 heavy (non-hydrogen) atoms. The summed E-state index contributed by atoms with van der Waals surface area (Å²) < 4.78 is 0. The highest BCUT2D eigenvalue weighted by atomic mass is 32.1. The summed E-state index contributed by atoms with van der Waals surface area (Å²) in [7, 11) is 0. The van der Waals surface area contributed by atoms with Gasteiger partial charge in [0.2, 0.25) is 0 Å². The van der Waals surface area contributed by atoms with Crippen molar-refractivity contribution in [3.63, 3.8) is 0 Å². The lowest BCUT2D eigenvalue weighted by Crippen LogP contribution is -2.30. The first-order valence-corrected chi connectivity index (χ1v) is 9.05. The van der Waals surface area contributed by atoms with Gasteiger partial charge in [0, 0.05) is 28.8 Å². The minimum absolute atomic E-state index is 0.667. The minimum Gasteiger partial charge on any atom is -0.362 e. The molecule has 3 N–H and O–H groups in total. The Bertz CT molecular complexity index is 924. The van der Waals surface area contributed by atoms with Crippen molar-refractivity contribution >= 4 is 33.9 Å². The van der Waals surface area contributed by atoms with Gasteiger partial charge in [-0.15, -0.1) is 0 Å². The number of hydrogen-bond donors (Lipinski definition) is 3. The number of aromatic nitrogens is 1. The maximum Gasteiger partial charge on any atom is 0.170 e. The summed E-state index contributed by atoms with van der Waals surface area (Å²) in [6.45, 7) is 9.26. The number of thiocarbonyl (C=S) groups is 1. The Morgan fingerprint density at radius 2 is 1.72 bits per heavy atom. The Balaban J connectivity index is 1.62. The number of aromatic amines is 1. The van der Waals surface area contributed by atoms with Crippen LogP contribution in [-0.4, -0.2) is 16.6 Å². The molecular weight excluding hydrogens is 326 g/mol. The summed E-state index contributed by atoms with van der Waals surface area (Å²) in [5.41, 5.74) is 8.60. The van der Waals surface area contributed by atoms with E-state index in [1.54, 1.807) is 0 Å². The van der Waals surface area contributed by atoms with Crippen LogP contribution in [0.15, 0.2) is 36.4 Å². The maximum absolute atomic E-state index is 5.44. The molecule has 0 saturated carbocycles. The molecule has 3 aromatic rings. The van der Waals surface area contributed by atoms with Gasteiger partial charge in [-0.25, -0.2) is 0 Å². The lowest BCUT2D eigenvalue weighted by Gasteiger charge is -2.13. The van der Waals surface area contributed by atoms with Gasteiger partial charge in [-0.3, -0.25) is 0 Å². The first-order chi connectivity index (χ1) is 11.9. The maximum atomic E-state index is 5.44. The van der Waals surface area contributed by atoms with Crippen LogP contribution >= 0.6 is 12.2 Å². The second-order valence-electron chi connectivity index (χ2n) is 6.73. The Labute approximate surface area is 154 Å². The van der Waals surface area contributed by atoms with Gasteiger partial charge in [0.05, 0.1) is 0 Å². The predicted molar refractivity (Wildman–Crippen MR) is 112 cm³/mol. The molecule has 0 saturated heterocycles. The second kappa shape index (κ2) is 7.28. The van der Waals surface area contributed by atoms with E-state index in [-0.39, 0.29) is 0 Å². The van der Waals surface area contributed by atoms with E-state index >= 15 is 0 Å². The molecule has 1 aromatic heterocycles. The minimum atomic E-state index is 0.667. The largest absolute Gasteiger partial charge is 0.362 e. The predicted octanol–water partition coefficient (Wildman–Crippen LogP) is 4.93. The van der Waals surface area contributed by atoms with Crippen LogP contribution in [0.2, 0.25) is 0 Å². The van der Waals surface area contributed by atoms with Gasteiger partial charge in [0.15, 0.2) is 5.11 Å². The van der Waals surface area contributed by atoms with Crippen molar-refractivity contribution in [2.45, 2.75) is 34.1 Å². The molecule has 0 spiro atoms. The molecule has 3 rings (SSSR count).